The molecule has 0 spiro atoms. The molecule has 1 aromatic carbocycles. The summed E-state index contributed by atoms with van der Waals surface area (Å²) in [5.74, 6) is 0.932. The minimum atomic E-state index is -0.504. The van der Waals surface area contributed by atoms with Crippen molar-refractivity contribution in [1.29, 1.82) is 0 Å². The Bertz CT molecular complexity index is 393. The molecule has 105 valence electrons. The number of methoxy groups -OCH3 is 2. The number of hydrogen-bond acceptors (Lipinski definition) is 6. The quantitative estimate of drug-likeness (QED) is 0.637. The van der Waals surface area contributed by atoms with E-state index in [2.05, 4.69) is 0 Å². The molecule has 0 bridgehead atoms. The first kappa shape index (κ1) is 15.3. The Labute approximate surface area is 112 Å². The van der Waals surface area contributed by atoms with E-state index in [4.69, 9.17) is 23.7 Å². The van der Waals surface area contributed by atoms with Crippen LogP contribution in [0.15, 0.2) is 18.2 Å². The lowest BCUT2D eigenvalue weighted by Crippen LogP contribution is -2.08. The average molecular weight is 269 g/mol. The van der Waals surface area contributed by atoms with Crippen LogP contribution >= 0.6 is 0 Å². The van der Waals surface area contributed by atoms with Crippen LogP contribution in [-0.4, -0.2) is 34.3 Å². The van der Waals surface area contributed by atoms with E-state index >= 15 is 0 Å². The minimum Gasteiger partial charge on any atom is -0.464 e. The van der Waals surface area contributed by atoms with Crippen LogP contribution in [0.2, 0.25) is 0 Å². The van der Waals surface area contributed by atoms with Gasteiger partial charge in [0.05, 0.1) is 0 Å². The van der Waals surface area contributed by atoms with Gasteiger partial charge in [-0.2, -0.15) is 0 Å². The van der Waals surface area contributed by atoms with Gasteiger partial charge in [-0.15, -0.1) is 0 Å². The van der Waals surface area contributed by atoms with Crippen molar-refractivity contribution in [2.24, 2.45) is 0 Å². The fraction of sp³-hybridized carbons (Fsp3) is 0.462. The summed E-state index contributed by atoms with van der Waals surface area (Å²) < 4.78 is 25.4. The van der Waals surface area contributed by atoms with Crippen LogP contribution in [0.3, 0.4) is 0 Å². The summed E-state index contributed by atoms with van der Waals surface area (Å²) in [7, 11) is 3.03. The van der Waals surface area contributed by atoms with Crippen molar-refractivity contribution in [3.8, 4) is 11.5 Å². The Hall–Kier alpha value is -1.79. The molecular formula is C13H17O6. The van der Waals surface area contributed by atoms with Crippen molar-refractivity contribution < 1.29 is 28.5 Å². The lowest BCUT2D eigenvalue weighted by molar-refractivity contribution is 0.0303. The molecule has 0 aromatic heterocycles. The Morgan fingerprint density at radius 1 is 1.16 bits per heavy atom. The zero-order chi connectivity index (χ0) is 14.1. The summed E-state index contributed by atoms with van der Waals surface area (Å²) in [5, 5.41) is 0. The molecule has 0 saturated heterocycles. The van der Waals surface area contributed by atoms with Crippen molar-refractivity contribution in [3.63, 3.8) is 0 Å². The van der Waals surface area contributed by atoms with Gasteiger partial charge in [-0.05, 0) is 13.0 Å². The van der Waals surface area contributed by atoms with Gasteiger partial charge in [-0.1, -0.05) is 12.1 Å². The Kier molecular flexibility index (Phi) is 6.70. The predicted octanol–water partition coefficient (Wildman–Crippen LogP) is 1.80. The topological polar surface area (TPSA) is 63.2 Å². The third-order valence-corrected chi connectivity index (χ3v) is 2.33. The van der Waals surface area contributed by atoms with Crippen molar-refractivity contribution >= 4 is 6.47 Å². The van der Waals surface area contributed by atoms with E-state index in [-0.39, 0.29) is 13.6 Å². The molecule has 0 aliphatic heterocycles. The molecule has 0 aliphatic carbocycles. The van der Waals surface area contributed by atoms with E-state index in [9.17, 15) is 4.79 Å². The first-order chi connectivity index (χ1) is 9.24. The van der Waals surface area contributed by atoms with Gasteiger partial charge >= 0.3 is 6.47 Å². The van der Waals surface area contributed by atoms with Crippen molar-refractivity contribution in [1.82, 2.24) is 0 Å². The van der Waals surface area contributed by atoms with Crippen LogP contribution in [0.1, 0.15) is 18.6 Å². The van der Waals surface area contributed by atoms with Gasteiger partial charge < -0.3 is 23.7 Å². The summed E-state index contributed by atoms with van der Waals surface area (Å²) in [6.45, 7) is 3.26. The fourth-order valence-electron chi connectivity index (χ4n) is 1.50. The van der Waals surface area contributed by atoms with Crippen LogP contribution in [0, 0.1) is 0 Å². The predicted molar refractivity (Wildman–Crippen MR) is 66.6 cm³/mol. The van der Waals surface area contributed by atoms with Gasteiger partial charge in [0, 0.05) is 19.8 Å². The van der Waals surface area contributed by atoms with Crippen molar-refractivity contribution in [3.05, 3.63) is 23.8 Å². The molecule has 6 heteroatoms. The molecule has 19 heavy (non-hydrogen) atoms. The van der Waals surface area contributed by atoms with Gasteiger partial charge in [-0.3, -0.25) is 0 Å². The molecule has 0 N–H and O–H groups in total. The maximum atomic E-state index is 10.3. The Balaban J connectivity index is 3.01. The fourth-order valence-corrected chi connectivity index (χ4v) is 1.50. The zero-order valence-corrected chi connectivity index (χ0v) is 11.2. The summed E-state index contributed by atoms with van der Waals surface area (Å²) in [6, 6.07) is 5.27. The summed E-state index contributed by atoms with van der Waals surface area (Å²) in [6.07, 6.45) is -0.504. The first-order valence-corrected chi connectivity index (χ1v) is 5.63. The second-order valence-corrected chi connectivity index (χ2v) is 3.62. The Morgan fingerprint density at radius 3 is 2.47 bits per heavy atom. The molecule has 1 radical (unpaired) electrons. The molecule has 0 aliphatic rings. The van der Waals surface area contributed by atoms with Gasteiger partial charge in [-0.25, -0.2) is 4.79 Å². The number of hydrogen-bond donors (Lipinski definition) is 0. The van der Waals surface area contributed by atoms with Crippen LogP contribution in [0.25, 0.3) is 0 Å². The number of carbonyl (C=O) groups excluding carboxylic acids is 1. The first-order valence-electron chi connectivity index (χ1n) is 5.63. The number of benzene rings is 1. The smallest absolute Gasteiger partial charge is 0.418 e. The normalized spacial score (nSPS) is 11.7. The Morgan fingerprint density at radius 2 is 1.84 bits per heavy atom. The largest absolute Gasteiger partial charge is 0.464 e. The van der Waals surface area contributed by atoms with E-state index in [1.165, 1.54) is 20.7 Å². The summed E-state index contributed by atoms with van der Waals surface area (Å²) >= 11 is 0. The summed E-state index contributed by atoms with van der Waals surface area (Å²) in [4.78, 5) is 10.3. The number of rotatable bonds is 9. The molecule has 1 atom stereocenters. The maximum Gasteiger partial charge on any atom is 0.418 e. The molecule has 1 aromatic rings. The second-order valence-electron chi connectivity index (χ2n) is 3.62. The minimum absolute atomic E-state index is 0.0535. The molecule has 0 heterocycles. The number of para-hydroxylation sites is 1. The van der Waals surface area contributed by atoms with Crippen LogP contribution < -0.4 is 9.47 Å². The van der Waals surface area contributed by atoms with E-state index in [0.717, 1.165) is 0 Å². The molecule has 6 nitrogen and oxygen atoms in total. The molecule has 0 saturated carbocycles. The highest BCUT2D eigenvalue weighted by Gasteiger charge is 2.17. The highest BCUT2D eigenvalue weighted by molar-refractivity contribution is 5.49. The van der Waals surface area contributed by atoms with Crippen LogP contribution in [-0.2, 0) is 19.0 Å². The second kappa shape index (κ2) is 8.34. The molecule has 0 amide bonds. The lowest BCUT2D eigenvalue weighted by atomic mass is 10.1. The monoisotopic (exact) mass is 269 g/mol. The number of ether oxygens (including phenoxy) is 5. The van der Waals surface area contributed by atoms with Gasteiger partial charge in [0.2, 0.25) is 0 Å². The lowest BCUT2D eigenvalue weighted by Gasteiger charge is -2.18. The molecule has 1 rings (SSSR count). The third-order valence-electron chi connectivity index (χ3n) is 2.33. The van der Waals surface area contributed by atoms with Gasteiger partial charge in [0.25, 0.3) is 0 Å². The summed E-state index contributed by atoms with van der Waals surface area (Å²) in [5.41, 5.74) is 0.661. The standard InChI is InChI=1S/C13H17O6/c1-10(17-7-14)11-5-4-6-12(18-8-15-2)13(11)19-9-16-3/h4-6,10H,8-9H2,1-3H3. The van der Waals surface area contributed by atoms with E-state index in [1.54, 1.807) is 25.1 Å². The average Bonchev–Trinajstić information content (AvgIpc) is 2.43. The van der Waals surface area contributed by atoms with Crippen molar-refractivity contribution in [2.45, 2.75) is 13.0 Å². The maximum absolute atomic E-state index is 10.3. The van der Waals surface area contributed by atoms with Crippen LogP contribution in [0.5, 0.6) is 11.5 Å². The zero-order valence-electron chi connectivity index (χ0n) is 11.2. The van der Waals surface area contributed by atoms with Gasteiger partial charge in [0.1, 0.15) is 6.10 Å². The van der Waals surface area contributed by atoms with E-state index in [0.29, 0.717) is 17.1 Å². The highest BCUT2D eigenvalue weighted by Crippen LogP contribution is 2.36. The van der Waals surface area contributed by atoms with E-state index < -0.39 is 6.10 Å². The SMILES string of the molecule is COCOc1cccc(C(C)O[C]=O)c1OCOC. The molecule has 0 fully saturated rings. The van der Waals surface area contributed by atoms with Crippen molar-refractivity contribution in [2.75, 3.05) is 27.8 Å². The van der Waals surface area contributed by atoms with E-state index in [1.807, 2.05) is 0 Å². The van der Waals surface area contributed by atoms with Crippen LogP contribution in [0.4, 0.5) is 0 Å². The third kappa shape index (κ3) is 4.42. The molecular weight excluding hydrogens is 252 g/mol. The van der Waals surface area contributed by atoms with Gasteiger partial charge in [0.15, 0.2) is 25.1 Å². The molecule has 1 unspecified atom stereocenters. The highest BCUT2D eigenvalue weighted by atomic mass is 16.7.